The van der Waals surface area contributed by atoms with Crippen LogP contribution >= 0.6 is 15.9 Å². The minimum atomic E-state index is 0.0264. The SMILES string of the molecule is N#Cc1ccc(NCC2(CO)CCCCC2)cc1Br. The predicted molar refractivity (Wildman–Crippen MR) is 80.0 cm³/mol. The summed E-state index contributed by atoms with van der Waals surface area (Å²) in [6.07, 6.45) is 5.88. The molecule has 0 amide bonds. The van der Waals surface area contributed by atoms with Crippen LogP contribution < -0.4 is 5.32 Å². The summed E-state index contributed by atoms with van der Waals surface area (Å²) in [7, 11) is 0. The predicted octanol–water partition coefficient (Wildman–Crippen LogP) is 3.68. The first-order valence-corrected chi connectivity index (χ1v) is 7.53. The molecule has 102 valence electrons. The van der Waals surface area contributed by atoms with Crippen LogP contribution in [0.25, 0.3) is 0 Å². The zero-order chi connectivity index (χ0) is 13.7. The molecule has 1 saturated carbocycles. The molecule has 1 aliphatic rings. The number of benzene rings is 1. The summed E-state index contributed by atoms with van der Waals surface area (Å²) in [5.74, 6) is 0. The van der Waals surface area contributed by atoms with E-state index in [9.17, 15) is 5.11 Å². The van der Waals surface area contributed by atoms with Crippen LogP contribution in [0.2, 0.25) is 0 Å². The average molecular weight is 323 g/mol. The molecule has 0 spiro atoms. The number of aliphatic hydroxyl groups excluding tert-OH is 1. The lowest BCUT2D eigenvalue weighted by Gasteiger charge is -2.36. The van der Waals surface area contributed by atoms with E-state index in [0.717, 1.165) is 29.5 Å². The maximum atomic E-state index is 9.66. The Labute approximate surface area is 122 Å². The van der Waals surface area contributed by atoms with Crippen molar-refractivity contribution in [3.8, 4) is 6.07 Å². The topological polar surface area (TPSA) is 56.0 Å². The van der Waals surface area contributed by atoms with E-state index in [1.807, 2.05) is 12.1 Å². The van der Waals surface area contributed by atoms with Crippen molar-refractivity contribution < 1.29 is 5.11 Å². The molecule has 2 rings (SSSR count). The van der Waals surface area contributed by atoms with E-state index >= 15 is 0 Å². The van der Waals surface area contributed by atoms with E-state index in [1.165, 1.54) is 19.3 Å². The standard InChI is InChI=1S/C15H19BrN2O/c16-14-8-13(5-4-12(14)9-17)18-10-15(11-19)6-2-1-3-7-15/h4-5,8,18-19H,1-3,6-7,10-11H2. The molecule has 0 unspecified atom stereocenters. The van der Waals surface area contributed by atoms with Gasteiger partial charge in [-0.25, -0.2) is 0 Å². The third-order valence-corrected chi connectivity index (χ3v) is 4.66. The number of aliphatic hydroxyl groups is 1. The normalized spacial score (nSPS) is 17.7. The van der Waals surface area contributed by atoms with Crippen molar-refractivity contribution in [3.05, 3.63) is 28.2 Å². The van der Waals surface area contributed by atoms with Crippen LogP contribution in [0.5, 0.6) is 0 Å². The van der Waals surface area contributed by atoms with E-state index in [4.69, 9.17) is 5.26 Å². The van der Waals surface area contributed by atoms with Gasteiger partial charge in [0, 0.05) is 22.1 Å². The number of nitrogens with zero attached hydrogens (tertiary/aromatic N) is 1. The summed E-state index contributed by atoms with van der Waals surface area (Å²) in [6, 6.07) is 7.77. The highest BCUT2D eigenvalue weighted by Gasteiger charge is 2.31. The molecule has 2 N–H and O–H groups in total. The van der Waals surface area contributed by atoms with E-state index < -0.39 is 0 Å². The smallest absolute Gasteiger partial charge is 0.100 e. The summed E-state index contributed by atoms with van der Waals surface area (Å²) >= 11 is 3.39. The quantitative estimate of drug-likeness (QED) is 0.889. The minimum Gasteiger partial charge on any atom is -0.396 e. The maximum absolute atomic E-state index is 9.66. The highest BCUT2D eigenvalue weighted by molar-refractivity contribution is 9.10. The zero-order valence-corrected chi connectivity index (χ0v) is 12.5. The van der Waals surface area contributed by atoms with Gasteiger partial charge in [0.2, 0.25) is 0 Å². The number of halogens is 1. The molecular weight excluding hydrogens is 304 g/mol. The number of nitriles is 1. The minimum absolute atomic E-state index is 0.0264. The number of nitrogens with one attached hydrogen (secondary N) is 1. The summed E-state index contributed by atoms with van der Waals surface area (Å²) in [5.41, 5.74) is 1.66. The second-order valence-electron chi connectivity index (χ2n) is 5.38. The summed E-state index contributed by atoms with van der Waals surface area (Å²) < 4.78 is 0.807. The molecule has 3 nitrogen and oxygen atoms in total. The molecule has 0 bridgehead atoms. The van der Waals surface area contributed by atoms with Gasteiger partial charge in [0.25, 0.3) is 0 Å². The molecule has 0 aromatic heterocycles. The van der Waals surface area contributed by atoms with Crippen LogP contribution in [0.15, 0.2) is 22.7 Å². The van der Waals surface area contributed by atoms with Crippen molar-refractivity contribution in [2.24, 2.45) is 5.41 Å². The van der Waals surface area contributed by atoms with Crippen LogP contribution in [0.1, 0.15) is 37.7 Å². The van der Waals surface area contributed by atoms with Gasteiger partial charge < -0.3 is 10.4 Å². The fraction of sp³-hybridized carbons (Fsp3) is 0.533. The van der Waals surface area contributed by atoms with Crippen molar-refractivity contribution in [1.82, 2.24) is 0 Å². The first-order valence-electron chi connectivity index (χ1n) is 6.73. The fourth-order valence-corrected chi connectivity index (χ4v) is 3.17. The molecule has 0 atom stereocenters. The van der Waals surface area contributed by atoms with Crippen LogP contribution in [-0.4, -0.2) is 18.3 Å². The summed E-state index contributed by atoms with van der Waals surface area (Å²) in [4.78, 5) is 0. The van der Waals surface area contributed by atoms with Gasteiger partial charge in [0.1, 0.15) is 6.07 Å². The maximum Gasteiger partial charge on any atom is 0.100 e. The van der Waals surface area contributed by atoms with E-state index in [1.54, 1.807) is 6.07 Å². The Hall–Kier alpha value is -1.05. The van der Waals surface area contributed by atoms with Crippen molar-refractivity contribution in [2.45, 2.75) is 32.1 Å². The van der Waals surface area contributed by atoms with Gasteiger partial charge in [-0.1, -0.05) is 19.3 Å². The van der Waals surface area contributed by atoms with Gasteiger partial charge in [0.15, 0.2) is 0 Å². The van der Waals surface area contributed by atoms with Crippen molar-refractivity contribution in [3.63, 3.8) is 0 Å². The van der Waals surface area contributed by atoms with Gasteiger partial charge >= 0.3 is 0 Å². The molecule has 4 heteroatoms. The van der Waals surface area contributed by atoms with Gasteiger partial charge in [-0.3, -0.25) is 0 Å². The van der Waals surface area contributed by atoms with Crippen molar-refractivity contribution in [1.29, 1.82) is 5.26 Å². The second-order valence-corrected chi connectivity index (χ2v) is 6.23. The van der Waals surface area contributed by atoms with Crippen LogP contribution in [0.3, 0.4) is 0 Å². The number of rotatable bonds is 4. The Morgan fingerprint density at radius 1 is 1.32 bits per heavy atom. The Morgan fingerprint density at radius 3 is 2.63 bits per heavy atom. The Morgan fingerprint density at radius 2 is 2.05 bits per heavy atom. The highest BCUT2D eigenvalue weighted by atomic mass is 79.9. The van der Waals surface area contributed by atoms with Gasteiger partial charge in [-0.05, 0) is 47.0 Å². The van der Waals surface area contributed by atoms with Crippen LogP contribution in [-0.2, 0) is 0 Å². The highest BCUT2D eigenvalue weighted by Crippen LogP contribution is 2.36. The molecule has 19 heavy (non-hydrogen) atoms. The second kappa shape index (κ2) is 6.40. The zero-order valence-electron chi connectivity index (χ0n) is 11.0. The van der Waals surface area contributed by atoms with E-state index in [0.29, 0.717) is 5.56 Å². The van der Waals surface area contributed by atoms with Crippen LogP contribution in [0.4, 0.5) is 5.69 Å². The Kier molecular flexibility index (Phi) is 4.84. The molecule has 0 heterocycles. The van der Waals surface area contributed by atoms with Gasteiger partial charge in [-0.15, -0.1) is 0 Å². The first kappa shape index (κ1) is 14.4. The molecule has 0 radical (unpaired) electrons. The fourth-order valence-electron chi connectivity index (χ4n) is 2.70. The average Bonchev–Trinajstić information content (AvgIpc) is 2.46. The largest absolute Gasteiger partial charge is 0.396 e. The van der Waals surface area contributed by atoms with E-state index in [-0.39, 0.29) is 12.0 Å². The Balaban J connectivity index is 2.01. The van der Waals surface area contributed by atoms with Crippen molar-refractivity contribution >= 4 is 21.6 Å². The molecular formula is C15H19BrN2O. The molecule has 0 saturated heterocycles. The van der Waals surface area contributed by atoms with Crippen LogP contribution in [0, 0.1) is 16.7 Å². The number of anilines is 1. The van der Waals surface area contributed by atoms with E-state index in [2.05, 4.69) is 27.3 Å². The lowest BCUT2D eigenvalue weighted by Crippen LogP contribution is -2.35. The van der Waals surface area contributed by atoms with Gasteiger partial charge in [0.05, 0.1) is 12.2 Å². The molecule has 1 aromatic rings. The third kappa shape index (κ3) is 3.49. The lowest BCUT2D eigenvalue weighted by molar-refractivity contribution is 0.0944. The first-order chi connectivity index (χ1) is 9.19. The molecule has 1 fully saturated rings. The lowest BCUT2D eigenvalue weighted by atomic mass is 9.74. The molecule has 1 aromatic carbocycles. The number of hydrogen-bond acceptors (Lipinski definition) is 3. The third-order valence-electron chi connectivity index (χ3n) is 4.01. The van der Waals surface area contributed by atoms with Crippen molar-refractivity contribution in [2.75, 3.05) is 18.5 Å². The van der Waals surface area contributed by atoms with Gasteiger partial charge in [-0.2, -0.15) is 5.26 Å². The monoisotopic (exact) mass is 322 g/mol. The number of hydrogen-bond donors (Lipinski definition) is 2. The summed E-state index contributed by atoms with van der Waals surface area (Å²) in [6.45, 7) is 1.04. The molecule has 1 aliphatic carbocycles. The summed E-state index contributed by atoms with van der Waals surface area (Å²) in [5, 5.41) is 22.0. The molecule has 0 aliphatic heterocycles. The Bertz CT molecular complexity index is 476.